The molecule has 0 aliphatic rings. The van der Waals surface area contributed by atoms with Gasteiger partial charge in [0.05, 0.1) is 12.0 Å². The second kappa shape index (κ2) is 6.10. The van der Waals surface area contributed by atoms with Gasteiger partial charge in [-0.1, -0.05) is 24.2 Å². The molecule has 2 aromatic rings. The van der Waals surface area contributed by atoms with Crippen molar-refractivity contribution in [3.8, 4) is 0 Å². The van der Waals surface area contributed by atoms with Gasteiger partial charge in [0.25, 0.3) is 0 Å². The summed E-state index contributed by atoms with van der Waals surface area (Å²) in [5.74, 6) is 0.625. The van der Waals surface area contributed by atoms with Gasteiger partial charge < -0.3 is 4.42 Å². The third-order valence-electron chi connectivity index (χ3n) is 2.58. The number of aryl methyl sites for hydroxylation is 1. The first-order valence-electron chi connectivity index (χ1n) is 5.56. The SMILES string of the molecule is C=C(/N=C(\SN)c1ccco1)c1ccc(Cl)cc1C. The average Bonchev–Trinajstić information content (AvgIpc) is 2.89. The highest BCUT2D eigenvalue weighted by molar-refractivity contribution is 8.12. The molecule has 0 spiro atoms. The molecular formula is C14H13ClN2OS. The van der Waals surface area contributed by atoms with E-state index in [1.807, 2.05) is 25.1 Å². The highest BCUT2D eigenvalue weighted by Gasteiger charge is 2.09. The van der Waals surface area contributed by atoms with Gasteiger partial charge in [-0.15, -0.1) is 0 Å². The lowest BCUT2D eigenvalue weighted by Gasteiger charge is -2.07. The molecule has 0 radical (unpaired) electrons. The highest BCUT2D eigenvalue weighted by atomic mass is 35.5. The molecule has 0 aliphatic heterocycles. The predicted octanol–water partition coefficient (Wildman–Crippen LogP) is 4.27. The summed E-state index contributed by atoms with van der Waals surface area (Å²) in [5, 5.41) is 6.90. The summed E-state index contributed by atoms with van der Waals surface area (Å²) in [4.78, 5) is 4.42. The van der Waals surface area contributed by atoms with Crippen molar-refractivity contribution in [2.45, 2.75) is 6.92 Å². The van der Waals surface area contributed by atoms with Gasteiger partial charge in [0.1, 0.15) is 0 Å². The smallest absolute Gasteiger partial charge is 0.160 e. The van der Waals surface area contributed by atoms with Crippen LogP contribution in [0.2, 0.25) is 5.02 Å². The van der Waals surface area contributed by atoms with E-state index in [4.69, 9.17) is 21.2 Å². The molecule has 1 aromatic heterocycles. The second-order valence-corrected chi connectivity index (χ2v) is 4.98. The first kappa shape index (κ1) is 13.9. The fourth-order valence-corrected chi connectivity index (χ4v) is 2.30. The van der Waals surface area contributed by atoms with Crippen molar-refractivity contribution in [2.24, 2.45) is 10.1 Å². The maximum atomic E-state index is 5.93. The van der Waals surface area contributed by atoms with Gasteiger partial charge in [-0.25, -0.2) is 4.99 Å². The normalized spacial score (nSPS) is 11.6. The molecule has 19 heavy (non-hydrogen) atoms. The monoisotopic (exact) mass is 292 g/mol. The topological polar surface area (TPSA) is 51.5 Å². The number of hydrogen-bond donors (Lipinski definition) is 1. The summed E-state index contributed by atoms with van der Waals surface area (Å²) in [5.41, 5.74) is 2.57. The van der Waals surface area contributed by atoms with E-state index in [0.29, 0.717) is 21.5 Å². The zero-order chi connectivity index (χ0) is 13.8. The molecule has 2 N–H and O–H groups in total. The Labute approximate surface area is 121 Å². The van der Waals surface area contributed by atoms with E-state index in [-0.39, 0.29) is 0 Å². The predicted molar refractivity (Wildman–Crippen MR) is 82.2 cm³/mol. The van der Waals surface area contributed by atoms with Crippen LogP contribution in [0.1, 0.15) is 16.9 Å². The van der Waals surface area contributed by atoms with Crippen LogP contribution < -0.4 is 5.14 Å². The molecular weight excluding hydrogens is 280 g/mol. The van der Waals surface area contributed by atoms with E-state index in [0.717, 1.165) is 23.1 Å². The van der Waals surface area contributed by atoms with Crippen molar-refractivity contribution in [2.75, 3.05) is 0 Å². The van der Waals surface area contributed by atoms with Crippen molar-refractivity contribution in [3.63, 3.8) is 0 Å². The average molecular weight is 293 g/mol. The Morgan fingerprint density at radius 2 is 2.21 bits per heavy atom. The van der Waals surface area contributed by atoms with Crippen LogP contribution in [0.4, 0.5) is 0 Å². The Bertz CT molecular complexity index is 620. The number of halogens is 1. The van der Waals surface area contributed by atoms with Crippen LogP contribution in [0.5, 0.6) is 0 Å². The summed E-state index contributed by atoms with van der Waals surface area (Å²) in [6.45, 7) is 5.93. The van der Waals surface area contributed by atoms with Gasteiger partial charge in [0.15, 0.2) is 10.8 Å². The minimum absolute atomic E-state index is 0.587. The Kier molecular flexibility index (Phi) is 4.47. The van der Waals surface area contributed by atoms with E-state index in [1.54, 1.807) is 18.4 Å². The van der Waals surface area contributed by atoms with Gasteiger partial charge in [-0.2, -0.15) is 0 Å². The van der Waals surface area contributed by atoms with Gasteiger partial charge in [-0.05, 0) is 48.7 Å². The van der Waals surface area contributed by atoms with Crippen molar-refractivity contribution in [1.29, 1.82) is 0 Å². The molecule has 0 fully saturated rings. The molecule has 2 rings (SSSR count). The maximum absolute atomic E-state index is 5.93. The van der Waals surface area contributed by atoms with Crippen LogP contribution in [0.3, 0.4) is 0 Å². The zero-order valence-electron chi connectivity index (χ0n) is 10.4. The molecule has 0 saturated heterocycles. The number of furan rings is 1. The number of benzene rings is 1. The molecule has 98 valence electrons. The van der Waals surface area contributed by atoms with Crippen LogP contribution >= 0.6 is 23.5 Å². The first-order valence-corrected chi connectivity index (χ1v) is 6.82. The van der Waals surface area contributed by atoms with Gasteiger partial charge in [0.2, 0.25) is 0 Å². The number of nitrogens with two attached hydrogens (primary N) is 1. The minimum atomic E-state index is 0.587. The fourth-order valence-electron chi connectivity index (χ4n) is 1.67. The van der Waals surface area contributed by atoms with Crippen LogP contribution in [0, 0.1) is 6.92 Å². The molecule has 0 atom stereocenters. The van der Waals surface area contributed by atoms with E-state index in [1.165, 1.54) is 0 Å². The molecule has 5 heteroatoms. The first-order chi connectivity index (χ1) is 9.11. The number of rotatable bonds is 3. The third-order valence-corrected chi connectivity index (χ3v) is 3.33. The Balaban J connectivity index is 2.33. The minimum Gasteiger partial charge on any atom is -0.462 e. The molecule has 1 heterocycles. The van der Waals surface area contributed by atoms with Crippen molar-refractivity contribution in [1.82, 2.24) is 0 Å². The van der Waals surface area contributed by atoms with E-state index >= 15 is 0 Å². The van der Waals surface area contributed by atoms with E-state index in [9.17, 15) is 0 Å². The largest absolute Gasteiger partial charge is 0.462 e. The molecule has 0 bridgehead atoms. The summed E-state index contributed by atoms with van der Waals surface area (Å²) in [7, 11) is 0. The van der Waals surface area contributed by atoms with Crippen LogP contribution in [-0.2, 0) is 0 Å². The van der Waals surface area contributed by atoms with E-state index in [2.05, 4.69) is 11.6 Å². The van der Waals surface area contributed by atoms with Gasteiger partial charge in [-0.3, -0.25) is 5.14 Å². The summed E-state index contributed by atoms with van der Waals surface area (Å²) >= 11 is 6.96. The molecule has 0 saturated carbocycles. The standard InChI is InChI=1S/C14H13ClN2OS/c1-9-8-11(15)5-6-12(9)10(2)17-14(19-16)13-4-3-7-18-13/h3-8H,2,16H2,1H3/b17-14-. The highest BCUT2D eigenvalue weighted by Crippen LogP contribution is 2.24. The number of hydrogen-bond acceptors (Lipinski definition) is 4. The van der Waals surface area contributed by atoms with Crippen LogP contribution in [0.25, 0.3) is 5.70 Å². The molecule has 0 unspecified atom stereocenters. The third kappa shape index (κ3) is 3.29. The van der Waals surface area contributed by atoms with Crippen molar-refractivity contribution in [3.05, 3.63) is 65.1 Å². The number of aliphatic imine (C=N–C) groups is 1. The summed E-state index contributed by atoms with van der Waals surface area (Å²) in [6.07, 6.45) is 1.58. The summed E-state index contributed by atoms with van der Waals surface area (Å²) in [6, 6.07) is 9.18. The number of nitrogens with zero attached hydrogens (tertiary/aromatic N) is 1. The molecule has 1 aromatic carbocycles. The van der Waals surface area contributed by atoms with Crippen molar-refractivity contribution < 1.29 is 4.42 Å². The Morgan fingerprint density at radius 3 is 2.79 bits per heavy atom. The van der Waals surface area contributed by atoms with Gasteiger partial charge >= 0.3 is 0 Å². The van der Waals surface area contributed by atoms with E-state index < -0.39 is 0 Å². The molecule has 0 aliphatic carbocycles. The molecule has 3 nitrogen and oxygen atoms in total. The summed E-state index contributed by atoms with van der Waals surface area (Å²) < 4.78 is 5.28. The van der Waals surface area contributed by atoms with Crippen molar-refractivity contribution >= 4 is 34.3 Å². The molecule has 0 amide bonds. The lowest BCUT2D eigenvalue weighted by Crippen LogP contribution is -1.99. The van der Waals surface area contributed by atoms with Gasteiger partial charge in [0, 0.05) is 10.6 Å². The fraction of sp³-hybridized carbons (Fsp3) is 0.0714. The lowest BCUT2D eigenvalue weighted by atomic mass is 10.1. The lowest BCUT2D eigenvalue weighted by molar-refractivity contribution is 0.559. The second-order valence-electron chi connectivity index (χ2n) is 3.92. The Hall–Kier alpha value is -1.49. The Morgan fingerprint density at radius 1 is 1.42 bits per heavy atom. The quantitative estimate of drug-likeness (QED) is 0.522. The zero-order valence-corrected chi connectivity index (χ0v) is 12.0. The maximum Gasteiger partial charge on any atom is 0.160 e. The van der Waals surface area contributed by atoms with Crippen LogP contribution in [0.15, 0.2) is 52.6 Å². The van der Waals surface area contributed by atoms with Crippen LogP contribution in [-0.4, -0.2) is 5.04 Å².